The van der Waals surface area contributed by atoms with Crippen LogP contribution in [0.3, 0.4) is 0 Å². The summed E-state index contributed by atoms with van der Waals surface area (Å²) in [6, 6.07) is 24.0. The van der Waals surface area contributed by atoms with Gasteiger partial charge in [0.1, 0.15) is 5.82 Å². The number of benzene rings is 2. The molecule has 0 atom stereocenters. The van der Waals surface area contributed by atoms with E-state index in [1.54, 1.807) is 12.4 Å². The van der Waals surface area contributed by atoms with E-state index in [4.69, 9.17) is 9.97 Å². The van der Waals surface area contributed by atoms with Crippen molar-refractivity contribution in [3.63, 3.8) is 0 Å². The molecule has 2 heterocycles. The van der Waals surface area contributed by atoms with Crippen LogP contribution in [0.4, 0.5) is 23.3 Å². The van der Waals surface area contributed by atoms with Crippen LogP contribution in [0.1, 0.15) is 26.3 Å². The van der Waals surface area contributed by atoms with Crippen molar-refractivity contribution in [3.05, 3.63) is 90.8 Å². The highest BCUT2D eigenvalue weighted by Crippen LogP contribution is 2.35. The van der Waals surface area contributed by atoms with Gasteiger partial charge in [0.05, 0.1) is 11.3 Å². The highest BCUT2D eigenvalue weighted by Gasteiger charge is 2.17. The van der Waals surface area contributed by atoms with Crippen LogP contribution in [0.25, 0.3) is 11.1 Å². The first-order chi connectivity index (χ1) is 16.1. The third-order valence-electron chi connectivity index (χ3n) is 4.85. The quantitative estimate of drug-likeness (QED) is 0.234. The molecule has 4 aromatic rings. The number of anilines is 4. The zero-order valence-electron chi connectivity index (χ0n) is 18.9. The number of hydrogen-bond donors (Lipinski definition) is 3. The summed E-state index contributed by atoms with van der Waals surface area (Å²) in [5.41, 5.74) is 7.75. The molecule has 7 nitrogen and oxygen atoms in total. The predicted molar refractivity (Wildman–Crippen MR) is 136 cm³/mol. The molecule has 4 rings (SSSR count). The van der Waals surface area contributed by atoms with Crippen molar-refractivity contribution in [2.24, 2.45) is 5.10 Å². The summed E-state index contributed by atoms with van der Waals surface area (Å²) in [6.07, 6.45) is 3.50. The van der Waals surface area contributed by atoms with Gasteiger partial charge in [0.15, 0.2) is 5.82 Å². The third kappa shape index (κ3) is 5.71. The number of para-hydroxylation sites is 1. The second-order valence-electron chi connectivity index (χ2n) is 7.82. The second kappa shape index (κ2) is 10.4. The van der Waals surface area contributed by atoms with E-state index in [1.807, 2.05) is 79.7 Å². The minimum Gasteiger partial charge on any atom is -0.367 e. The molecule has 0 fully saturated rings. The SMILES string of the molecule is CC(=NNc1nc(Nc2ccccc2)nc(NC(C)C)c1-c1ccccc1)c1ccncc1. The minimum atomic E-state index is 0.182. The molecule has 0 saturated carbocycles. The zero-order valence-corrected chi connectivity index (χ0v) is 18.9. The fraction of sp³-hybridized carbons (Fsp3) is 0.154. The standard InChI is InChI=1S/C26H27N7/c1-18(2)28-24-23(21-10-6-4-7-11-21)25(33-32-19(3)20-14-16-27-17-15-20)31-26(30-24)29-22-12-8-5-9-13-22/h4-18H,1-3H3,(H3,28,29,30,31,33). The fourth-order valence-corrected chi connectivity index (χ4v) is 3.30. The van der Waals surface area contributed by atoms with Crippen molar-refractivity contribution in [3.8, 4) is 11.1 Å². The Morgan fingerprint density at radius 3 is 2.12 bits per heavy atom. The molecule has 7 heteroatoms. The molecule has 166 valence electrons. The summed E-state index contributed by atoms with van der Waals surface area (Å²) in [5.74, 6) is 1.80. The van der Waals surface area contributed by atoms with E-state index in [9.17, 15) is 0 Å². The van der Waals surface area contributed by atoms with Crippen molar-refractivity contribution in [2.75, 3.05) is 16.1 Å². The Morgan fingerprint density at radius 1 is 0.818 bits per heavy atom. The van der Waals surface area contributed by atoms with E-state index < -0.39 is 0 Å². The summed E-state index contributed by atoms with van der Waals surface area (Å²) in [7, 11) is 0. The first kappa shape index (κ1) is 22.0. The lowest BCUT2D eigenvalue weighted by Gasteiger charge is -2.19. The molecule has 0 spiro atoms. The number of rotatable bonds is 8. The Balaban J connectivity index is 1.80. The van der Waals surface area contributed by atoms with Crippen LogP contribution in [0, 0.1) is 0 Å². The Bertz CT molecular complexity index is 1210. The number of hydrazone groups is 1. The maximum Gasteiger partial charge on any atom is 0.231 e. The average molecular weight is 438 g/mol. The molecule has 33 heavy (non-hydrogen) atoms. The van der Waals surface area contributed by atoms with Gasteiger partial charge >= 0.3 is 0 Å². The molecule has 0 unspecified atom stereocenters. The van der Waals surface area contributed by atoms with Crippen LogP contribution >= 0.6 is 0 Å². The predicted octanol–water partition coefficient (Wildman–Crippen LogP) is 5.94. The summed E-state index contributed by atoms with van der Waals surface area (Å²) >= 11 is 0. The topological polar surface area (TPSA) is 87.1 Å². The van der Waals surface area contributed by atoms with Crippen LogP contribution in [0.5, 0.6) is 0 Å². The van der Waals surface area contributed by atoms with E-state index in [0.29, 0.717) is 11.8 Å². The number of hydrogen-bond acceptors (Lipinski definition) is 7. The van der Waals surface area contributed by atoms with Crippen molar-refractivity contribution in [1.29, 1.82) is 0 Å². The molecule has 2 aromatic carbocycles. The summed E-state index contributed by atoms with van der Waals surface area (Å²) in [5, 5.41) is 11.4. The minimum absolute atomic E-state index is 0.182. The van der Waals surface area contributed by atoms with Gasteiger partial charge in [0, 0.05) is 29.7 Å². The normalized spacial score (nSPS) is 11.3. The first-order valence-corrected chi connectivity index (χ1v) is 10.9. The van der Waals surface area contributed by atoms with Gasteiger partial charge in [0.2, 0.25) is 5.95 Å². The Morgan fingerprint density at radius 2 is 1.45 bits per heavy atom. The van der Waals surface area contributed by atoms with Crippen molar-refractivity contribution in [2.45, 2.75) is 26.8 Å². The molecule has 0 bridgehead atoms. The number of nitrogens with one attached hydrogen (secondary N) is 3. The number of aromatic nitrogens is 3. The lowest BCUT2D eigenvalue weighted by molar-refractivity contribution is 0.888. The van der Waals surface area contributed by atoms with Gasteiger partial charge in [-0.1, -0.05) is 48.5 Å². The van der Waals surface area contributed by atoms with E-state index >= 15 is 0 Å². The van der Waals surface area contributed by atoms with Gasteiger partial charge in [-0.25, -0.2) is 0 Å². The zero-order chi connectivity index (χ0) is 23.0. The van der Waals surface area contributed by atoms with Crippen LogP contribution in [-0.4, -0.2) is 26.7 Å². The van der Waals surface area contributed by atoms with E-state index in [2.05, 4.69) is 40.0 Å². The molecule has 3 N–H and O–H groups in total. The molecule has 0 amide bonds. The molecule has 0 saturated heterocycles. The molecular formula is C26H27N7. The monoisotopic (exact) mass is 437 g/mol. The second-order valence-corrected chi connectivity index (χ2v) is 7.82. The van der Waals surface area contributed by atoms with Crippen LogP contribution in [-0.2, 0) is 0 Å². The third-order valence-corrected chi connectivity index (χ3v) is 4.85. The van der Waals surface area contributed by atoms with E-state index in [0.717, 1.165) is 33.9 Å². The van der Waals surface area contributed by atoms with Crippen molar-refractivity contribution >= 4 is 29.0 Å². The maximum atomic E-state index is 4.80. The van der Waals surface area contributed by atoms with Gasteiger partial charge in [-0.2, -0.15) is 15.1 Å². The van der Waals surface area contributed by atoms with Gasteiger partial charge < -0.3 is 10.6 Å². The van der Waals surface area contributed by atoms with Crippen LogP contribution in [0.15, 0.2) is 90.3 Å². The fourth-order valence-electron chi connectivity index (χ4n) is 3.30. The first-order valence-electron chi connectivity index (χ1n) is 10.9. The van der Waals surface area contributed by atoms with Crippen molar-refractivity contribution < 1.29 is 0 Å². The molecule has 0 radical (unpaired) electrons. The van der Waals surface area contributed by atoms with Crippen LogP contribution < -0.4 is 16.1 Å². The highest BCUT2D eigenvalue weighted by molar-refractivity contribution is 5.99. The number of nitrogens with zero attached hydrogens (tertiary/aromatic N) is 4. The van der Waals surface area contributed by atoms with E-state index in [-0.39, 0.29) is 6.04 Å². The molecule has 0 aliphatic heterocycles. The average Bonchev–Trinajstić information content (AvgIpc) is 2.84. The van der Waals surface area contributed by atoms with Gasteiger partial charge in [0.25, 0.3) is 0 Å². The Kier molecular flexibility index (Phi) is 6.90. The molecular weight excluding hydrogens is 410 g/mol. The van der Waals surface area contributed by atoms with E-state index in [1.165, 1.54) is 0 Å². The van der Waals surface area contributed by atoms with Gasteiger partial charge in [-0.15, -0.1) is 0 Å². The number of pyridine rings is 1. The Hall–Kier alpha value is -4.26. The van der Waals surface area contributed by atoms with Crippen LogP contribution in [0.2, 0.25) is 0 Å². The molecule has 2 aromatic heterocycles. The smallest absolute Gasteiger partial charge is 0.231 e. The summed E-state index contributed by atoms with van der Waals surface area (Å²) < 4.78 is 0. The van der Waals surface area contributed by atoms with Crippen molar-refractivity contribution in [1.82, 2.24) is 15.0 Å². The lowest BCUT2D eigenvalue weighted by Crippen LogP contribution is -2.15. The van der Waals surface area contributed by atoms with Gasteiger partial charge in [-0.05, 0) is 50.6 Å². The Labute approximate surface area is 194 Å². The summed E-state index contributed by atoms with van der Waals surface area (Å²) in [4.78, 5) is 13.7. The largest absolute Gasteiger partial charge is 0.367 e. The maximum absolute atomic E-state index is 4.80. The van der Waals surface area contributed by atoms with Gasteiger partial charge in [-0.3, -0.25) is 10.4 Å². The molecule has 0 aliphatic carbocycles. The summed E-state index contributed by atoms with van der Waals surface area (Å²) in [6.45, 7) is 6.11. The lowest BCUT2D eigenvalue weighted by atomic mass is 10.1. The highest BCUT2D eigenvalue weighted by atomic mass is 15.3. The molecule has 0 aliphatic rings.